The Morgan fingerprint density at radius 2 is 2.03 bits per heavy atom. The molecule has 8 heteroatoms. The van der Waals surface area contributed by atoms with Crippen LogP contribution in [0.5, 0.6) is 5.75 Å². The van der Waals surface area contributed by atoms with E-state index in [-0.39, 0.29) is 12.6 Å². The number of hydrogen-bond acceptors (Lipinski definition) is 7. The van der Waals surface area contributed by atoms with Gasteiger partial charge in [0.05, 0.1) is 66.7 Å². The summed E-state index contributed by atoms with van der Waals surface area (Å²) in [5.74, 6) is 1.65. The zero-order valence-corrected chi connectivity index (χ0v) is 17.8. The molecule has 0 aliphatic carbocycles. The summed E-state index contributed by atoms with van der Waals surface area (Å²) in [5, 5.41) is 14.9. The second-order valence-electron chi connectivity index (χ2n) is 7.81. The molecular weight excluding hydrogens is 406 g/mol. The maximum atomic E-state index is 9.47. The van der Waals surface area contributed by atoms with Gasteiger partial charge in [0, 0.05) is 11.5 Å². The molecule has 0 saturated carbocycles. The van der Waals surface area contributed by atoms with Gasteiger partial charge >= 0.3 is 0 Å². The molecule has 1 aliphatic rings. The molecule has 0 radical (unpaired) electrons. The summed E-state index contributed by atoms with van der Waals surface area (Å²) in [4.78, 5) is 9.35. The number of hydrogen-bond donors (Lipinski definition) is 2. The number of ether oxygens (including phenoxy) is 2. The molecular formula is C24H25N5O3. The van der Waals surface area contributed by atoms with Crippen LogP contribution in [-0.4, -0.2) is 44.7 Å². The number of fused-ring (bicyclic) bond motifs is 1. The lowest BCUT2D eigenvalue weighted by atomic mass is 9.95. The third kappa shape index (κ3) is 3.73. The molecule has 8 nitrogen and oxygen atoms in total. The van der Waals surface area contributed by atoms with Crippen LogP contribution >= 0.6 is 0 Å². The zero-order chi connectivity index (χ0) is 22.1. The van der Waals surface area contributed by atoms with Crippen LogP contribution < -0.4 is 10.5 Å². The van der Waals surface area contributed by atoms with Crippen molar-refractivity contribution >= 4 is 10.9 Å². The largest absolute Gasteiger partial charge is 0.493 e. The average Bonchev–Trinajstić information content (AvgIpc) is 3.22. The standard InChI is InChI=1S/C24H25N5O3/c1-2-32-22-10-15(19-6-4-7-20(28-19)24(25)16-13-31-14-16)9-21-18(22)11-26-29(21)23-8-3-5-17(12-30)27-23/h3-11,16,24,30H,2,12-14,25H2,1H3/t24-/m0/s1. The van der Waals surface area contributed by atoms with Crippen molar-refractivity contribution in [2.24, 2.45) is 11.7 Å². The number of nitrogens with two attached hydrogens (primary N) is 1. The maximum absolute atomic E-state index is 9.47. The van der Waals surface area contributed by atoms with E-state index in [9.17, 15) is 5.11 Å². The quantitative estimate of drug-likeness (QED) is 0.463. The molecule has 1 aliphatic heterocycles. The first kappa shape index (κ1) is 20.6. The Morgan fingerprint density at radius 3 is 2.78 bits per heavy atom. The van der Waals surface area contributed by atoms with Gasteiger partial charge < -0.3 is 20.3 Å². The van der Waals surface area contributed by atoms with Crippen molar-refractivity contribution in [3.8, 4) is 22.8 Å². The summed E-state index contributed by atoms with van der Waals surface area (Å²) >= 11 is 0. The number of aliphatic hydroxyl groups is 1. The third-order valence-electron chi connectivity index (χ3n) is 5.70. The van der Waals surface area contributed by atoms with E-state index in [1.807, 2.05) is 49.4 Å². The minimum absolute atomic E-state index is 0.133. The first-order valence-corrected chi connectivity index (χ1v) is 10.7. The van der Waals surface area contributed by atoms with E-state index in [4.69, 9.17) is 20.2 Å². The molecule has 4 aromatic rings. The van der Waals surface area contributed by atoms with E-state index < -0.39 is 0 Å². The first-order valence-electron chi connectivity index (χ1n) is 10.7. The maximum Gasteiger partial charge on any atom is 0.154 e. The minimum atomic E-state index is -0.158. The van der Waals surface area contributed by atoms with Crippen LogP contribution in [0.2, 0.25) is 0 Å². The predicted octanol–water partition coefficient (Wildman–Crippen LogP) is 3.02. The van der Waals surface area contributed by atoms with Gasteiger partial charge in [-0.1, -0.05) is 12.1 Å². The van der Waals surface area contributed by atoms with Crippen molar-refractivity contribution in [2.45, 2.75) is 19.6 Å². The lowest BCUT2D eigenvalue weighted by Crippen LogP contribution is -2.37. The van der Waals surface area contributed by atoms with Gasteiger partial charge in [-0.2, -0.15) is 5.10 Å². The van der Waals surface area contributed by atoms with Gasteiger partial charge in [0.2, 0.25) is 0 Å². The molecule has 0 spiro atoms. The highest BCUT2D eigenvalue weighted by molar-refractivity contribution is 5.90. The topological polar surface area (TPSA) is 108 Å². The van der Waals surface area contributed by atoms with Crippen LogP contribution in [0, 0.1) is 5.92 Å². The molecule has 1 fully saturated rings. The molecule has 0 bridgehead atoms. The van der Waals surface area contributed by atoms with Gasteiger partial charge in [0.1, 0.15) is 5.75 Å². The van der Waals surface area contributed by atoms with Gasteiger partial charge in [-0.25, -0.2) is 9.67 Å². The fraction of sp³-hybridized carbons (Fsp3) is 0.292. The SMILES string of the molecule is CCOc1cc(-c2cccc([C@@H](N)C3COC3)n2)cc2c1cnn2-c1cccc(CO)n1. The average molecular weight is 431 g/mol. The van der Waals surface area contributed by atoms with Crippen LogP contribution in [0.15, 0.2) is 54.7 Å². The number of pyridine rings is 2. The van der Waals surface area contributed by atoms with Crippen molar-refractivity contribution < 1.29 is 14.6 Å². The van der Waals surface area contributed by atoms with Crippen molar-refractivity contribution in [3.05, 3.63) is 66.1 Å². The van der Waals surface area contributed by atoms with Crippen LogP contribution in [-0.2, 0) is 11.3 Å². The highest BCUT2D eigenvalue weighted by atomic mass is 16.5. The summed E-state index contributed by atoms with van der Waals surface area (Å²) < 4.78 is 13.0. The molecule has 1 atom stereocenters. The minimum Gasteiger partial charge on any atom is -0.493 e. The number of benzene rings is 1. The van der Waals surface area contributed by atoms with E-state index in [1.165, 1.54) is 0 Å². The Balaban J connectivity index is 1.62. The number of aromatic nitrogens is 4. The number of rotatable bonds is 7. The Morgan fingerprint density at radius 1 is 1.19 bits per heavy atom. The highest BCUT2D eigenvalue weighted by Crippen LogP contribution is 2.34. The normalized spacial score (nSPS) is 15.0. The lowest BCUT2D eigenvalue weighted by molar-refractivity contribution is -0.0447. The highest BCUT2D eigenvalue weighted by Gasteiger charge is 2.27. The van der Waals surface area contributed by atoms with E-state index >= 15 is 0 Å². The van der Waals surface area contributed by atoms with E-state index in [1.54, 1.807) is 16.9 Å². The molecule has 1 aromatic carbocycles. The van der Waals surface area contributed by atoms with Crippen LogP contribution in [0.1, 0.15) is 24.4 Å². The van der Waals surface area contributed by atoms with E-state index in [2.05, 4.69) is 10.1 Å². The Kier molecular flexibility index (Phi) is 5.57. The summed E-state index contributed by atoms with van der Waals surface area (Å²) in [7, 11) is 0. The van der Waals surface area contributed by atoms with Gasteiger partial charge in [-0.3, -0.25) is 4.98 Å². The summed E-state index contributed by atoms with van der Waals surface area (Å²) in [6, 6.07) is 15.3. The molecule has 0 unspecified atom stereocenters. The van der Waals surface area contributed by atoms with Crippen molar-refractivity contribution in [1.29, 1.82) is 0 Å². The van der Waals surface area contributed by atoms with Crippen LogP contribution in [0.3, 0.4) is 0 Å². The number of aliphatic hydroxyl groups excluding tert-OH is 1. The molecule has 4 heterocycles. The van der Waals surface area contributed by atoms with Crippen LogP contribution in [0.25, 0.3) is 28.0 Å². The Bertz CT molecular complexity index is 1250. The Hall–Kier alpha value is -3.33. The second kappa shape index (κ2) is 8.66. The van der Waals surface area contributed by atoms with Gasteiger partial charge in [-0.15, -0.1) is 0 Å². The van der Waals surface area contributed by atoms with Gasteiger partial charge in [0.15, 0.2) is 5.82 Å². The van der Waals surface area contributed by atoms with Crippen molar-refractivity contribution in [3.63, 3.8) is 0 Å². The molecule has 3 aromatic heterocycles. The van der Waals surface area contributed by atoms with Crippen molar-refractivity contribution in [2.75, 3.05) is 19.8 Å². The third-order valence-corrected chi connectivity index (χ3v) is 5.70. The number of nitrogens with zero attached hydrogens (tertiary/aromatic N) is 4. The fourth-order valence-corrected chi connectivity index (χ4v) is 3.87. The monoisotopic (exact) mass is 431 g/mol. The first-order chi connectivity index (χ1) is 15.7. The van der Waals surface area contributed by atoms with Crippen LogP contribution in [0.4, 0.5) is 0 Å². The predicted molar refractivity (Wildman–Crippen MR) is 120 cm³/mol. The molecule has 32 heavy (non-hydrogen) atoms. The van der Waals surface area contributed by atoms with E-state index in [0.717, 1.165) is 33.6 Å². The molecule has 5 rings (SSSR count). The summed E-state index contributed by atoms with van der Waals surface area (Å²) in [6.07, 6.45) is 1.77. The van der Waals surface area contributed by atoms with Gasteiger partial charge in [-0.05, 0) is 43.3 Å². The molecule has 164 valence electrons. The van der Waals surface area contributed by atoms with Crippen molar-refractivity contribution in [1.82, 2.24) is 19.7 Å². The smallest absolute Gasteiger partial charge is 0.154 e. The molecule has 3 N–H and O–H groups in total. The molecule has 1 saturated heterocycles. The summed E-state index contributed by atoms with van der Waals surface area (Å²) in [5.41, 5.74) is 10.4. The summed E-state index contributed by atoms with van der Waals surface area (Å²) in [6.45, 7) is 3.69. The molecule has 0 amide bonds. The fourth-order valence-electron chi connectivity index (χ4n) is 3.87. The Labute approximate surface area is 185 Å². The lowest BCUT2D eigenvalue weighted by Gasteiger charge is -2.31. The van der Waals surface area contributed by atoms with E-state index in [0.29, 0.717) is 37.3 Å². The zero-order valence-electron chi connectivity index (χ0n) is 17.8. The second-order valence-corrected chi connectivity index (χ2v) is 7.81. The van der Waals surface area contributed by atoms with Gasteiger partial charge in [0.25, 0.3) is 0 Å².